The van der Waals surface area contributed by atoms with E-state index in [2.05, 4.69) is 4.90 Å². The van der Waals surface area contributed by atoms with Crippen LogP contribution in [0.3, 0.4) is 0 Å². The summed E-state index contributed by atoms with van der Waals surface area (Å²) < 4.78 is 26.0. The molecular weight excluding hydrogens is 236 g/mol. The minimum absolute atomic E-state index is 0.0770. The van der Waals surface area contributed by atoms with Gasteiger partial charge in [0.25, 0.3) is 0 Å². The molecule has 0 amide bonds. The summed E-state index contributed by atoms with van der Waals surface area (Å²) in [7, 11) is 0. The van der Waals surface area contributed by atoms with E-state index >= 15 is 0 Å². The fourth-order valence-electron chi connectivity index (χ4n) is 2.51. The lowest BCUT2D eigenvalue weighted by Crippen LogP contribution is -2.43. The van der Waals surface area contributed by atoms with E-state index in [9.17, 15) is 13.6 Å². The van der Waals surface area contributed by atoms with Crippen molar-refractivity contribution in [1.29, 1.82) is 0 Å². The van der Waals surface area contributed by atoms with Gasteiger partial charge in [-0.2, -0.15) is 0 Å². The smallest absolute Gasteiger partial charge is 0.159 e. The molecule has 0 saturated carbocycles. The van der Waals surface area contributed by atoms with Crippen LogP contribution in [0.1, 0.15) is 31.7 Å². The van der Waals surface area contributed by atoms with Gasteiger partial charge in [-0.1, -0.05) is 12.5 Å². The number of rotatable bonds is 3. The summed E-state index contributed by atoms with van der Waals surface area (Å²) in [6, 6.07) is 3.84. The third-order valence-electron chi connectivity index (χ3n) is 3.45. The quantitative estimate of drug-likeness (QED) is 0.825. The number of Topliss-reactive ketones (excluding diaryl/α,β-unsaturated/α-hetero) is 1. The first-order chi connectivity index (χ1) is 8.58. The highest BCUT2D eigenvalue weighted by molar-refractivity contribution is 5.81. The van der Waals surface area contributed by atoms with E-state index in [-0.39, 0.29) is 11.8 Å². The van der Waals surface area contributed by atoms with E-state index in [0.717, 1.165) is 31.9 Å². The second-order valence-corrected chi connectivity index (χ2v) is 4.84. The van der Waals surface area contributed by atoms with E-state index in [0.29, 0.717) is 12.1 Å². The largest absolute Gasteiger partial charge is 0.298 e. The van der Waals surface area contributed by atoms with Crippen molar-refractivity contribution in [3.63, 3.8) is 0 Å². The van der Waals surface area contributed by atoms with Gasteiger partial charge in [-0.05, 0) is 44.0 Å². The van der Waals surface area contributed by atoms with Crippen LogP contribution in [0.5, 0.6) is 0 Å². The van der Waals surface area contributed by atoms with Crippen LogP contribution in [0.15, 0.2) is 18.2 Å². The van der Waals surface area contributed by atoms with Gasteiger partial charge in [-0.15, -0.1) is 0 Å². The van der Waals surface area contributed by atoms with Crippen molar-refractivity contribution >= 4 is 5.78 Å². The molecule has 1 aromatic rings. The zero-order valence-corrected chi connectivity index (χ0v) is 10.5. The van der Waals surface area contributed by atoms with Gasteiger partial charge in [0.2, 0.25) is 0 Å². The molecule has 1 unspecified atom stereocenters. The summed E-state index contributed by atoms with van der Waals surface area (Å²) in [5, 5.41) is 0. The number of hydrogen-bond donors (Lipinski definition) is 0. The lowest BCUT2D eigenvalue weighted by Gasteiger charge is -2.34. The van der Waals surface area contributed by atoms with Gasteiger partial charge in [-0.3, -0.25) is 9.69 Å². The maximum Gasteiger partial charge on any atom is 0.159 e. The van der Waals surface area contributed by atoms with Crippen LogP contribution in [0, 0.1) is 11.6 Å². The summed E-state index contributed by atoms with van der Waals surface area (Å²) in [5.74, 6) is -1.51. The van der Waals surface area contributed by atoms with E-state index in [4.69, 9.17) is 0 Å². The number of halogens is 2. The molecular formula is C14H17F2NO. The zero-order chi connectivity index (χ0) is 13.1. The molecule has 0 N–H and O–H groups in total. The van der Waals surface area contributed by atoms with Crippen LogP contribution in [-0.4, -0.2) is 23.3 Å². The number of carbonyl (C=O) groups excluding carboxylic acids is 1. The van der Waals surface area contributed by atoms with Crippen LogP contribution >= 0.6 is 0 Å². The minimum Gasteiger partial charge on any atom is -0.298 e. The van der Waals surface area contributed by atoms with E-state index in [1.807, 2.05) is 0 Å². The maximum absolute atomic E-state index is 13.1. The molecule has 4 heteroatoms. The molecule has 1 aliphatic rings. The molecule has 1 heterocycles. The Morgan fingerprint density at radius 2 is 2.11 bits per heavy atom. The van der Waals surface area contributed by atoms with Crippen molar-refractivity contribution in [2.24, 2.45) is 0 Å². The van der Waals surface area contributed by atoms with Gasteiger partial charge in [-0.25, -0.2) is 8.78 Å². The summed E-state index contributed by atoms with van der Waals surface area (Å²) in [6.45, 7) is 2.93. The van der Waals surface area contributed by atoms with Crippen LogP contribution < -0.4 is 0 Å². The third kappa shape index (κ3) is 2.93. The second-order valence-electron chi connectivity index (χ2n) is 4.84. The molecule has 1 atom stereocenters. The van der Waals surface area contributed by atoms with E-state index < -0.39 is 11.6 Å². The summed E-state index contributed by atoms with van der Waals surface area (Å²) >= 11 is 0. The second kappa shape index (κ2) is 5.57. The molecule has 1 aromatic carbocycles. The maximum atomic E-state index is 13.1. The SMILES string of the molecule is CC(=O)C1CCCCN1Cc1ccc(F)c(F)c1. The highest BCUT2D eigenvalue weighted by Crippen LogP contribution is 2.21. The summed E-state index contributed by atoms with van der Waals surface area (Å²) in [5.41, 5.74) is 0.710. The molecule has 0 aromatic heterocycles. The van der Waals surface area contributed by atoms with Crippen molar-refractivity contribution in [2.75, 3.05) is 6.54 Å². The Labute approximate surface area is 106 Å². The molecule has 0 aliphatic carbocycles. The Morgan fingerprint density at radius 3 is 2.78 bits per heavy atom. The van der Waals surface area contributed by atoms with Crippen LogP contribution in [-0.2, 0) is 11.3 Å². The van der Waals surface area contributed by atoms with Gasteiger partial charge < -0.3 is 0 Å². The number of hydrogen-bond acceptors (Lipinski definition) is 2. The lowest BCUT2D eigenvalue weighted by atomic mass is 9.98. The van der Waals surface area contributed by atoms with Crippen molar-refractivity contribution in [3.8, 4) is 0 Å². The van der Waals surface area contributed by atoms with Crippen LogP contribution in [0.4, 0.5) is 8.78 Å². The first-order valence-electron chi connectivity index (χ1n) is 6.26. The molecule has 98 valence electrons. The van der Waals surface area contributed by atoms with Crippen molar-refractivity contribution in [3.05, 3.63) is 35.4 Å². The van der Waals surface area contributed by atoms with Crippen LogP contribution in [0.2, 0.25) is 0 Å². The standard InChI is InChI=1S/C14H17F2NO/c1-10(18)14-4-2-3-7-17(14)9-11-5-6-12(15)13(16)8-11/h5-6,8,14H,2-4,7,9H2,1H3. The third-order valence-corrected chi connectivity index (χ3v) is 3.45. The van der Waals surface area contributed by atoms with Crippen molar-refractivity contribution < 1.29 is 13.6 Å². The minimum atomic E-state index is -0.833. The average molecular weight is 253 g/mol. The molecule has 18 heavy (non-hydrogen) atoms. The first-order valence-corrected chi connectivity index (χ1v) is 6.26. The number of likely N-dealkylation sites (tertiary alicyclic amines) is 1. The fraction of sp³-hybridized carbons (Fsp3) is 0.500. The Hall–Kier alpha value is -1.29. The van der Waals surface area contributed by atoms with Gasteiger partial charge in [0.1, 0.15) is 5.78 Å². The lowest BCUT2D eigenvalue weighted by molar-refractivity contribution is -0.123. The highest BCUT2D eigenvalue weighted by Gasteiger charge is 2.25. The van der Waals surface area contributed by atoms with Crippen molar-refractivity contribution in [1.82, 2.24) is 4.90 Å². The number of nitrogens with zero attached hydrogens (tertiary/aromatic N) is 1. The van der Waals surface area contributed by atoms with Crippen molar-refractivity contribution in [2.45, 2.75) is 38.8 Å². The Balaban J connectivity index is 2.10. The Bertz CT molecular complexity index is 447. The molecule has 1 saturated heterocycles. The molecule has 0 bridgehead atoms. The molecule has 0 spiro atoms. The molecule has 2 nitrogen and oxygen atoms in total. The molecule has 1 fully saturated rings. The fourth-order valence-corrected chi connectivity index (χ4v) is 2.51. The number of ketones is 1. The summed E-state index contributed by atoms with van der Waals surface area (Å²) in [4.78, 5) is 13.6. The zero-order valence-electron chi connectivity index (χ0n) is 10.5. The average Bonchev–Trinajstić information content (AvgIpc) is 2.34. The molecule has 1 aliphatic heterocycles. The van der Waals surface area contributed by atoms with Gasteiger partial charge in [0, 0.05) is 6.54 Å². The monoisotopic (exact) mass is 253 g/mol. The number of benzene rings is 1. The van der Waals surface area contributed by atoms with E-state index in [1.54, 1.807) is 13.0 Å². The molecule has 0 radical (unpaired) electrons. The Morgan fingerprint density at radius 1 is 1.33 bits per heavy atom. The Kier molecular flexibility index (Phi) is 4.07. The summed E-state index contributed by atoms with van der Waals surface area (Å²) in [6.07, 6.45) is 2.96. The normalized spacial score (nSPS) is 20.9. The predicted octanol–water partition coefficient (Wildman–Crippen LogP) is 2.91. The number of carbonyl (C=O) groups is 1. The van der Waals surface area contributed by atoms with Gasteiger partial charge in [0.05, 0.1) is 6.04 Å². The van der Waals surface area contributed by atoms with E-state index in [1.165, 1.54) is 6.07 Å². The first kappa shape index (κ1) is 13.1. The topological polar surface area (TPSA) is 20.3 Å². The van der Waals surface area contributed by atoms with Gasteiger partial charge in [0.15, 0.2) is 11.6 Å². The predicted molar refractivity (Wildman–Crippen MR) is 65.1 cm³/mol. The van der Waals surface area contributed by atoms with Crippen LogP contribution in [0.25, 0.3) is 0 Å². The van der Waals surface area contributed by atoms with Gasteiger partial charge >= 0.3 is 0 Å². The number of piperidine rings is 1. The molecule has 2 rings (SSSR count). The highest BCUT2D eigenvalue weighted by atomic mass is 19.2.